The van der Waals surface area contributed by atoms with Crippen LogP contribution in [0.2, 0.25) is 0 Å². The fraction of sp³-hybridized carbons (Fsp3) is 0.261. The summed E-state index contributed by atoms with van der Waals surface area (Å²) in [6.07, 6.45) is -4.35. The zero-order valence-electron chi connectivity index (χ0n) is 15.9. The van der Waals surface area contributed by atoms with Crippen LogP contribution in [-0.4, -0.2) is 37.0 Å². The molecule has 1 amide bonds. The Labute approximate surface area is 167 Å². The minimum atomic E-state index is -4.35. The molecule has 0 spiro atoms. The summed E-state index contributed by atoms with van der Waals surface area (Å²) < 4.78 is 39.7. The van der Waals surface area contributed by atoms with E-state index in [2.05, 4.69) is 0 Å². The third kappa shape index (κ3) is 4.12. The molecular weight excluding hydrogens is 377 g/mol. The summed E-state index contributed by atoms with van der Waals surface area (Å²) in [6, 6.07) is 19.2. The first-order valence-corrected chi connectivity index (χ1v) is 9.69. The van der Waals surface area contributed by atoms with Gasteiger partial charge in [-0.05, 0) is 22.9 Å². The van der Waals surface area contributed by atoms with E-state index in [0.717, 1.165) is 21.7 Å². The van der Waals surface area contributed by atoms with Crippen LogP contribution in [0, 0.1) is 0 Å². The Morgan fingerprint density at radius 3 is 2.31 bits per heavy atom. The molecule has 1 aliphatic rings. The summed E-state index contributed by atoms with van der Waals surface area (Å²) in [4.78, 5) is 15.9. The topological polar surface area (TPSA) is 24.8 Å². The second-order valence-corrected chi connectivity index (χ2v) is 7.40. The number of piperazine rings is 1. The van der Waals surface area contributed by atoms with Gasteiger partial charge in [-0.15, -0.1) is 0 Å². The van der Waals surface area contributed by atoms with E-state index in [4.69, 9.17) is 0 Å². The molecule has 1 aliphatic heterocycles. The van der Waals surface area contributed by atoms with Gasteiger partial charge in [-0.1, -0.05) is 54.6 Å². The van der Waals surface area contributed by atoms with Gasteiger partial charge in [0, 0.05) is 11.1 Å². The van der Waals surface area contributed by atoms with Crippen molar-refractivity contribution in [1.29, 1.82) is 0 Å². The average Bonchev–Trinajstić information content (AvgIpc) is 2.73. The predicted octanol–water partition coefficient (Wildman–Crippen LogP) is 3.40. The predicted molar refractivity (Wildman–Crippen MR) is 106 cm³/mol. The highest BCUT2D eigenvalue weighted by Gasteiger charge is 2.34. The Bertz CT molecular complexity index is 1020. The number of rotatable bonds is 3. The molecule has 0 saturated carbocycles. The molecule has 1 fully saturated rings. The lowest BCUT2D eigenvalue weighted by atomic mass is 10.0. The first-order chi connectivity index (χ1) is 13.9. The molecule has 6 heteroatoms. The van der Waals surface area contributed by atoms with Gasteiger partial charge in [-0.25, -0.2) is 0 Å². The first kappa shape index (κ1) is 19.5. The van der Waals surface area contributed by atoms with Crippen LogP contribution in [0.15, 0.2) is 66.7 Å². The number of carbonyl (C=O) groups excluding carboxylic acids is 1. The number of benzene rings is 3. The number of carbonyl (C=O) groups is 1. The summed E-state index contributed by atoms with van der Waals surface area (Å²) in [5, 5.41) is 1.94. The number of alkyl halides is 3. The molecule has 3 nitrogen and oxygen atoms in total. The van der Waals surface area contributed by atoms with Crippen LogP contribution in [0.3, 0.4) is 0 Å². The Balaban J connectivity index is 1.44. The van der Waals surface area contributed by atoms with Gasteiger partial charge < -0.3 is 9.80 Å². The molecule has 1 saturated heterocycles. The minimum Gasteiger partial charge on any atom is -0.328 e. The molecule has 0 unspecified atom stereocenters. The third-order valence-corrected chi connectivity index (χ3v) is 5.54. The highest BCUT2D eigenvalue weighted by molar-refractivity contribution is 6.07. The number of nitrogens with one attached hydrogen (secondary N) is 1. The maximum absolute atomic E-state index is 13.2. The molecular formula is C23H22F3N2O+. The van der Waals surface area contributed by atoms with Gasteiger partial charge in [-0.3, -0.25) is 4.79 Å². The number of nitrogens with zero attached hydrogens (tertiary/aromatic N) is 1. The van der Waals surface area contributed by atoms with E-state index in [9.17, 15) is 18.0 Å². The van der Waals surface area contributed by atoms with Gasteiger partial charge in [-0.2, -0.15) is 13.2 Å². The summed E-state index contributed by atoms with van der Waals surface area (Å²) in [6.45, 7) is 2.63. The standard InChI is InChI=1S/C23H21F3N2O/c24-23(25,26)21-11-4-2-7-18(21)16-27-12-14-28(15-13-27)22(29)20-10-5-8-17-6-1-3-9-19(17)20/h1-11H,12-16H2/p+1. The van der Waals surface area contributed by atoms with E-state index in [0.29, 0.717) is 43.9 Å². The van der Waals surface area contributed by atoms with Crippen LogP contribution < -0.4 is 4.90 Å². The molecule has 0 atom stereocenters. The van der Waals surface area contributed by atoms with Crippen molar-refractivity contribution in [1.82, 2.24) is 4.90 Å². The van der Waals surface area contributed by atoms with Crippen molar-refractivity contribution in [2.24, 2.45) is 0 Å². The molecule has 0 bridgehead atoms. The van der Waals surface area contributed by atoms with Crippen LogP contribution in [0.5, 0.6) is 0 Å². The number of hydrogen-bond donors (Lipinski definition) is 1. The van der Waals surface area contributed by atoms with Crippen LogP contribution in [-0.2, 0) is 12.7 Å². The second kappa shape index (κ2) is 7.87. The molecule has 3 aromatic carbocycles. The molecule has 150 valence electrons. The van der Waals surface area contributed by atoms with Gasteiger partial charge >= 0.3 is 6.18 Å². The van der Waals surface area contributed by atoms with Gasteiger partial charge in [0.1, 0.15) is 6.54 Å². The maximum Gasteiger partial charge on any atom is 0.416 e. The maximum atomic E-state index is 13.2. The molecule has 0 aromatic heterocycles. The Morgan fingerprint density at radius 2 is 1.55 bits per heavy atom. The van der Waals surface area contributed by atoms with Gasteiger partial charge in [0.2, 0.25) is 0 Å². The normalized spacial score (nSPS) is 15.6. The lowest BCUT2D eigenvalue weighted by Gasteiger charge is -2.33. The molecule has 3 aromatic rings. The zero-order chi connectivity index (χ0) is 20.4. The number of fused-ring (bicyclic) bond motifs is 1. The van der Waals surface area contributed by atoms with Crippen molar-refractivity contribution in [3.05, 3.63) is 83.4 Å². The number of halogens is 3. The lowest BCUT2D eigenvalue weighted by Crippen LogP contribution is -3.13. The molecule has 4 rings (SSSR count). The largest absolute Gasteiger partial charge is 0.416 e. The summed E-state index contributed by atoms with van der Waals surface area (Å²) >= 11 is 0. The Kier molecular flexibility index (Phi) is 5.28. The van der Waals surface area contributed by atoms with Crippen LogP contribution >= 0.6 is 0 Å². The molecule has 1 N–H and O–H groups in total. The summed E-state index contributed by atoms with van der Waals surface area (Å²) in [5.74, 6) is -0.0171. The summed E-state index contributed by atoms with van der Waals surface area (Å²) in [7, 11) is 0. The Hall–Kier alpha value is -2.86. The fourth-order valence-corrected chi connectivity index (χ4v) is 4.01. The van der Waals surface area contributed by atoms with E-state index in [1.165, 1.54) is 6.07 Å². The van der Waals surface area contributed by atoms with E-state index in [1.807, 2.05) is 42.5 Å². The SMILES string of the molecule is O=C(c1cccc2ccccc12)N1CC[NH+](Cc2ccccc2C(F)(F)F)CC1. The van der Waals surface area contributed by atoms with Gasteiger partial charge in [0.05, 0.1) is 31.7 Å². The average molecular weight is 399 g/mol. The van der Waals surface area contributed by atoms with E-state index in [1.54, 1.807) is 17.0 Å². The van der Waals surface area contributed by atoms with E-state index >= 15 is 0 Å². The number of amides is 1. The first-order valence-electron chi connectivity index (χ1n) is 9.69. The zero-order valence-corrected chi connectivity index (χ0v) is 15.9. The molecule has 29 heavy (non-hydrogen) atoms. The second-order valence-electron chi connectivity index (χ2n) is 7.40. The van der Waals surface area contributed by atoms with Crippen molar-refractivity contribution in [2.45, 2.75) is 12.7 Å². The molecule has 0 radical (unpaired) electrons. The molecule has 0 aliphatic carbocycles. The smallest absolute Gasteiger partial charge is 0.328 e. The lowest BCUT2D eigenvalue weighted by molar-refractivity contribution is -0.917. The molecule has 1 heterocycles. The van der Waals surface area contributed by atoms with Crippen LogP contribution in [0.1, 0.15) is 21.5 Å². The third-order valence-electron chi connectivity index (χ3n) is 5.54. The quantitative estimate of drug-likeness (QED) is 0.718. The van der Waals surface area contributed by atoms with E-state index in [-0.39, 0.29) is 5.91 Å². The monoisotopic (exact) mass is 399 g/mol. The number of quaternary nitrogens is 1. The summed E-state index contributed by atoms with van der Waals surface area (Å²) in [5.41, 5.74) is 0.416. The van der Waals surface area contributed by atoms with Crippen molar-refractivity contribution in [3.8, 4) is 0 Å². The van der Waals surface area contributed by atoms with Gasteiger partial charge in [0.25, 0.3) is 5.91 Å². The van der Waals surface area contributed by atoms with E-state index < -0.39 is 11.7 Å². The van der Waals surface area contributed by atoms with Crippen molar-refractivity contribution in [2.75, 3.05) is 26.2 Å². The highest BCUT2D eigenvalue weighted by atomic mass is 19.4. The van der Waals surface area contributed by atoms with Crippen molar-refractivity contribution >= 4 is 16.7 Å². The van der Waals surface area contributed by atoms with Crippen LogP contribution in [0.25, 0.3) is 10.8 Å². The fourth-order valence-electron chi connectivity index (χ4n) is 4.01. The highest BCUT2D eigenvalue weighted by Crippen LogP contribution is 2.31. The van der Waals surface area contributed by atoms with Crippen LogP contribution in [0.4, 0.5) is 13.2 Å². The number of hydrogen-bond acceptors (Lipinski definition) is 1. The van der Waals surface area contributed by atoms with Gasteiger partial charge in [0.15, 0.2) is 0 Å². The van der Waals surface area contributed by atoms with Crippen molar-refractivity contribution in [3.63, 3.8) is 0 Å². The Morgan fingerprint density at radius 1 is 0.897 bits per heavy atom. The minimum absolute atomic E-state index is 0.0171. The van der Waals surface area contributed by atoms with Crippen molar-refractivity contribution < 1.29 is 22.9 Å².